The maximum atomic E-state index is 13.6. The molecule has 28 heavy (non-hydrogen) atoms. The van der Waals surface area contributed by atoms with Crippen molar-refractivity contribution in [2.24, 2.45) is 17.1 Å². The summed E-state index contributed by atoms with van der Waals surface area (Å²) in [6.07, 6.45) is -1.34. The average molecular weight is 396 g/mol. The van der Waals surface area contributed by atoms with Gasteiger partial charge in [0.05, 0.1) is 11.8 Å². The Hall–Kier alpha value is -2.91. The predicted octanol–water partition coefficient (Wildman–Crippen LogP) is 3.19. The van der Waals surface area contributed by atoms with Gasteiger partial charge in [0, 0.05) is 12.2 Å². The molecule has 3 aliphatic rings. The zero-order valence-corrected chi connectivity index (χ0v) is 14.5. The van der Waals surface area contributed by atoms with Crippen LogP contribution in [0.2, 0.25) is 0 Å². The summed E-state index contributed by atoms with van der Waals surface area (Å²) in [5.74, 6) is -2.37. The van der Waals surface area contributed by atoms with Gasteiger partial charge in [-0.05, 0) is 48.8 Å². The van der Waals surface area contributed by atoms with Crippen LogP contribution >= 0.6 is 0 Å². The third-order valence-corrected chi connectivity index (χ3v) is 5.50. The van der Waals surface area contributed by atoms with Crippen LogP contribution in [0.15, 0.2) is 24.4 Å². The first-order chi connectivity index (χ1) is 13.1. The highest BCUT2D eigenvalue weighted by Gasteiger charge is 2.57. The monoisotopic (exact) mass is 396 g/mol. The molecule has 3 saturated carbocycles. The molecule has 0 atom stereocenters. The summed E-state index contributed by atoms with van der Waals surface area (Å²) >= 11 is 0. The van der Waals surface area contributed by atoms with E-state index in [0.717, 1.165) is 42.1 Å². The summed E-state index contributed by atoms with van der Waals surface area (Å²) in [4.78, 5) is 23.9. The lowest BCUT2D eigenvalue weighted by Gasteiger charge is -2.61. The number of aromatic nitrogens is 2. The molecule has 0 saturated heterocycles. The van der Waals surface area contributed by atoms with E-state index in [4.69, 9.17) is 5.73 Å². The van der Waals surface area contributed by atoms with Gasteiger partial charge in [0.15, 0.2) is 0 Å². The zero-order valence-electron chi connectivity index (χ0n) is 14.5. The summed E-state index contributed by atoms with van der Waals surface area (Å²) in [5, 5.41) is 6.08. The third kappa shape index (κ3) is 3.02. The first kappa shape index (κ1) is 18.5. The number of carbonyl (C=O) groups excluding carboxylic acids is 2. The first-order valence-electron chi connectivity index (χ1n) is 8.62. The fourth-order valence-corrected chi connectivity index (χ4v) is 4.10. The summed E-state index contributed by atoms with van der Waals surface area (Å²) < 4.78 is 54.8. The first-order valence-corrected chi connectivity index (χ1v) is 8.62. The predicted molar refractivity (Wildman–Crippen MR) is 89.9 cm³/mol. The van der Waals surface area contributed by atoms with Gasteiger partial charge in [-0.3, -0.25) is 14.3 Å². The number of rotatable bonds is 5. The van der Waals surface area contributed by atoms with Crippen LogP contribution < -0.4 is 11.1 Å². The fourth-order valence-electron chi connectivity index (χ4n) is 4.10. The minimum Gasteiger partial charge on any atom is -0.366 e. The molecule has 1 heterocycles. The van der Waals surface area contributed by atoms with E-state index in [0.29, 0.717) is 12.1 Å². The van der Waals surface area contributed by atoms with E-state index in [2.05, 4.69) is 10.4 Å². The van der Waals surface area contributed by atoms with Crippen LogP contribution in [0.5, 0.6) is 0 Å². The van der Waals surface area contributed by atoms with Crippen LogP contribution in [-0.4, -0.2) is 21.6 Å². The lowest BCUT2D eigenvalue weighted by Crippen LogP contribution is -2.54. The van der Waals surface area contributed by atoms with Gasteiger partial charge in [0.2, 0.25) is 0 Å². The van der Waals surface area contributed by atoms with Crippen LogP contribution in [0.25, 0.3) is 0 Å². The molecule has 5 rings (SSSR count). The van der Waals surface area contributed by atoms with E-state index in [1.165, 1.54) is 0 Å². The number of halogens is 4. The number of nitrogens with two attached hydrogens (primary N) is 1. The molecule has 148 valence electrons. The highest BCUT2D eigenvalue weighted by atomic mass is 19.4. The molecule has 0 radical (unpaired) electrons. The molecule has 10 heteroatoms. The van der Waals surface area contributed by atoms with Gasteiger partial charge in [-0.2, -0.15) is 18.3 Å². The lowest BCUT2D eigenvalue weighted by molar-refractivity contribution is -0.138. The van der Waals surface area contributed by atoms with Gasteiger partial charge in [-0.15, -0.1) is 0 Å². The standard InChI is InChI=1S/C18H16F4N4O2/c19-13-2-1-10(3-11(13)15(23)27)25-16(28)14-12(18(20,21)22)7-24-26(14)8-17-4-9(5-17)6-17/h1-3,7,9H,4-6,8H2,(H2,23,27)(H,25,28). The lowest BCUT2D eigenvalue weighted by atomic mass is 9.44. The molecule has 1 aromatic carbocycles. The Kier molecular flexibility index (Phi) is 3.98. The molecule has 0 aliphatic heterocycles. The number of nitrogens with zero attached hydrogens (tertiary/aromatic N) is 2. The van der Waals surface area contributed by atoms with Gasteiger partial charge in [-0.25, -0.2) is 4.39 Å². The second-order valence-corrected chi connectivity index (χ2v) is 7.55. The Balaban J connectivity index is 1.65. The average Bonchev–Trinajstić information content (AvgIpc) is 2.95. The van der Waals surface area contributed by atoms with Crippen molar-refractivity contribution in [1.29, 1.82) is 0 Å². The van der Waals surface area contributed by atoms with Crippen LogP contribution in [-0.2, 0) is 12.7 Å². The number of hydrogen-bond donors (Lipinski definition) is 2. The smallest absolute Gasteiger partial charge is 0.366 e. The van der Waals surface area contributed by atoms with Crippen molar-refractivity contribution in [2.75, 3.05) is 5.32 Å². The molecule has 6 nitrogen and oxygen atoms in total. The molecule has 2 aromatic rings. The van der Waals surface area contributed by atoms with Crippen molar-refractivity contribution in [3.05, 3.63) is 47.0 Å². The van der Waals surface area contributed by atoms with E-state index in [1.54, 1.807) is 0 Å². The summed E-state index contributed by atoms with van der Waals surface area (Å²) in [6.45, 7) is 0.234. The van der Waals surface area contributed by atoms with E-state index in [-0.39, 0.29) is 17.6 Å². The summed E-state index contributed by atoms with van der Waals surface area (Å²) in [6, 6.07) is 3.01. The second kappa shape index (κ2) is 6.05. The van der Waals surface area contributed by atoms with Crippen molar-refractivity contribution in [1.82, 2.24) is 9.78 Å². The fraction of sp³-hybridized carbons (Fsp3) is 0.389. The van der Waals surface area contributed by atoms with Crippen LogP contribution in [0.1, 0.15) is 45.7 Å². The van der Waals surface area contributed by atoms with Gasteiger partial charge in [0.25, 0.3) is 11.8 Å². The summed E-state index contributed by atoms with van der Waals surface area (Å²) in [7, 11) is 0. The number of alkyl halides is 3. The number of anilines is 1. The molecular weight excluding hydrogens is 380 g/mol. The van der Waals surface area contributed by atoms with E-state index < -0.39 is 40.6 Å². The van der Waals surface area contributed by atoms with Crippen LogP contribution in [0.4, 0.5) is 23.2 Å². The third-order valence-electron chi connectivity index (χ3n) is 5.50. The van der Waals surface area contributed by atoms with Gasteiger partial charge >= 0.3 is 6.18 Å². The van der Waals surface area contributed by atoms with Crippen LogP contribution in [0.3, 0.4) is 0 Å². The topological polar surface area (TPSA) is 90.0 Å². The Morgan fingerprint density at radius 3 is 2.50 bits per heavy atom. The largest absolute Gasteiger partial charge is 0.420 e. The van der Waals surface area contributed by atoms with E-state index >= 15 is 0 Å². The molecule has 3 aliphatic carbocycles. The van der Waals surface area contributed by atoms with E-state index in [9.17, 15) is 27.2 Å². The number of carbonyl (C=O) groups is 2. The van der Waals surface area contributed by atoms with Crippen molar-refractivity contribution < 1.29 is 27.2 Å². The molecule has 0 unspecified atom stereocenters. The second-order valence-electron chi connectivity index (χ2n) is 7.55. The highest BCUT2D eigenvalue weighted by Crippen LogP contribution is 2.65. The van der Waals surface area contributed by atoms with Crippen LogP contribution in [0, 0.1) is 17.2 Å². The molecule has 2 bridgehead atoms. The quantitative estimate of drug-likeness (QED) is 0.761. The molecule has 3 N–H and O–H groups in total. The van der Waals surface area contributed by atoms with Crippen molar-refractivity contribution in [2.45, 2.75) is 32.0 Å². The summed E-state index contributed by atoms with van der Waals surface area (Å²) in [5.41, 5.74) is 2.70. The molecular formula is C18H16F4N4O2. The minimum atomic E-state index is -4.76. The Morgan fingerprint density at radius 1 is 1.29 bits per heavy atom. The Bertz CT molecular complexity index is 965. The van der Waals surface area contributed by atoms with Crippen molar-refractivity contribution in [3.63, 3.8) is 0 Å². The number of benzene rings is 1. The molecule has 0 spiro atoms. The number of amides is 2. The van der Waals surface area contributed by atoms with Crippen molar-refractivity contribution in [3.8, 4) is 0 Å². The number of nitrogens with one attached hydrogen (secondary N) is 1. The SMILES string of the molecule is NC(=O)c1cc(NC(=O)c2c(C(F)(F)F)cnn2CC23CC(C2)C3)ccc1F. The van der Waals surface area contributed by atoms with E-state index in [1.807, 2.05) is 0 Å². The van der Waals surface area contributed by atoms with Gasteiger partial charge in [-0.1, -0.05) is 0 Å². The zero-order chi connectivity index (χ0) is 20.3. The normalized spacial score (nSPS) is 22.9. The molecule has 3 fully saturated rings. The highest BCUT2D eigenvalue weighted by molar-refractivity contribution is 6.05. The maximum absolute atomic E-state index is 13.6. The van der Waals surface area contributed by atoms with Gasteiger partial charge in [0.1, 0.15) is 17.1 Å². The molecule has 2 amide bonds. The molecule has 1 aromatic heterocycles. The number of primary amides is 1. The number of hydrogen-bond acceptors (Lipinski definition) is 3. The van der Waals surface area contributed by atoms with Crippen molar-refractivity contribution >= 4 is 17.5 Å². The minimum absolute atomic E-state index is 0.0495. The van der Waals surface area contributed by atoms with Gasteiger partial charge < -0.3 is 11.1 Å². The maximum Gasteiger partial charge on any atom is 0.420 e. The Morgan fingerprint density at radius 2 is 1.96 bits per heavy atom. The Labute approximate surface area is 156 Å².